The number of amides is 1. The van der Waals surface area contributed by atoms with Crippen LogP contribution in [0.3, 0.4) is 0 Å². The Labute approximate surface area is 205 Å². The van der Waals surface area contributed by atoms with Gasteiger partial charge in [0.1, 0.15) is 0 Å². The van der Waals surface area contributed by atoms with E-state index in [1.165, 1.54) is 22.9 Å². The molecule has 4 rings (SSSR count). The van der Waals surface area contributed by atoms with E-state index in [1.54, 1.807) is 0 Å². The molecule has 0 radical (unpaired) electrons. The Balaban J connectivity index is 1.62. The summed E-state index contributed by atoms with van der Waals surface area (Å²) >= 11 is 1.38. The average Bonchev–Trinajstić information content (AvgIpc) is 3.23. The van der Waals surface area contributed by atoms with Crippen molar-refractivity contribution in [3.8, 4) is 17.1 Å². The lowest BCUT2D eigenvalue weighted by Crippen LogP contribution is -2.15. The van der Waals surface area contributed by atoms with Crippen molar-refractivity contribution in [2.75, 3.05) is 11.1 Å². The highest BCUT2D eigenvalue weighted by atomic mass is 32.2. The van der Waals surface area contributed by atoms with Crippen LogP contribution in [-0.4, -0.2) is 26.4 Å². The Bertz CT molecular complexity index is 1290. The van der Waals surface area contributed by atoms with Crippen LogP contribution >= 0.6 is 11.8 Å². The van der Waals surface area contributed by atoms with Gasteiger partial charge in [0, 0.05) is 16.9 Å². The Hall–Kier alpha value is -3.38. The summed E-state index contributed by atoms with van der Waals surface area (Å²) in [6.45, 7) is 10.6. The third kappa shape index (κ3) is 5.39. The molecule has 0 aliphatic rings. The molecule has 1 N–H and O–H groups in total. The first-order chi connectivity index (χ1) is 16.2. The molecule has 0 atom stereocenters. The number of para-hydroxylation sites is 1. The van der Waals surface area contributed by atoms with Crippen molar-refractivity contribution in [2.45, 2.75) is 45.2 Å². The normalized spacial score (nSPS) is 11.4. The second-order valence-corrected chi connectivity index (χ2v) is 10.4. The summed E-state index contributed by atoms with van der Waals surface area (Å²) in [5, 5.41) is 12.6. The SMILES string of the molecule is Cc1ccc(-n2c(SCC(=O)Nc3ccccc3C)nnc2-c2ccc(C(C)(C)C)cc2)cc1. The number of carbonyl (C=O) groups is 1. The smallest absolute Gasteiger partial charge is 0.234 e. The first kappa shape index (κ1) is 23.8. The molecule has 0 saturated heterocycles. The molecule has 34 heavy (non-hydrogen) atoms. The zero-order valence-corrected chi connectivity index (χ0v) is 21.1. The number of rotatable bonds is 6. The zero-order valence-electron chi connectivity index (χ0n) is 20.3. The fourth-order valence-corrected chi connectivity index (χ4v) is 4.38. The van der Waals surface area contributed by atoms with Crippen LogP contribution in [0.1, 0.15) is 37.5 Å². The summed E-state index contributed by atoms with van der Waals surface area (Å²) in [5.74, 6) is 0.918. The van der Waals surface area contributed by atoms with Gasteiger partial charge in [-0.2, -0.15) is 0 Å². The molecule has 1 aromatic heterocycles. The number of carbonyl (C=O) groups excluding carboxylic acids is 1. The monoisotopic (exact) mass is 470 g/mol. The third-order valence-electron chi connectivity index (χ3n) is 5.69. The van der Waals surface area contributed by atoms with Gasteiger partial charge in [-0.1, -0.05) is 92.7 Å². The van der Waals surface area contributed by atoms with Gasteiger partial charge < -0.3 is 5.32 Å². The number of thioether (sulfide) groups is 1. The van der Waals surface area contributed by atoms with Crippen molar-refractivity contribution >= 4 is 23.4 Å². The molecular formula is C28H30N4OS. The highest BCUT2D eigenvalue weighted by Gasteiger charge is 2.19. The van der Waals surface area contributed by atoms with Gasteiger partial charge in [0.25, 0.3) is 0 Å². The molecular weight excluding hydrogens is 440 g/mol. The van der Waals surface area contributed by atoms with E-state index in [9.17, 15) is 4.79 Å². The first-order valence-corrected chi connectivity index (χ1v) is 12.3. The lowest BCUT2D eigenvalue weighted by atomic mass is 9.87. The van der Waals surface area contributed by atoms with Crippen LogP contribution in [0.4, 0.5) is 5.69 Å². The van der Waals surface area contributed by atoms with E-state index in [1.807, 2.05) is 35.8 Å². The van der Waals surface area contributed by atoms with Crippen LogP contribution in [-0.2, 0) is 10.2 Å². The molecule has 174 valence electrons. The van der Waals surface area contributed by atoms with Gasteiger partial charge in [0.15, 0.2) is 11.0 Å². The minimum absolute atomic E-state index is 0.0752. The van der Waals surface area contributed by atoms with Crippen LogP contribution < -0.4 is 5.32 Å². The molecule has 0 bridgehead atoms. The van der Waals surface area contributed by atoms with Gasteiger partial charge in [-0.3, -0.25) is 9.36 Å². The minimum atomic E-state index is -0.0752. The number of aromatic nitrogens is 3. The van der Waals surface area contributed by atoms with E-state index in [0.29, 0.717) is 5.16 Å². The summed E-state index contributed by atoms with van der Waals surface area (Å²) < 4.78 is 2.03. The maximum Gasteiger partial charge on any atom is 0.234 e. The van der Waals surface area contributed by atoms with Crippen molar-refractivity contribution in [3.63, 3.8) is 0 Å². The lowest BCUT2D eigenvalue weighted by Gasteiger charge is -2.19. The minimum Gasteiger partial charge on any atom is -0.325 e. The van der Waals surface area contributed by atoms with Crippen LogP contribution in [0.5, 0.6) is 0 Å². The molecule has 0 unspecified atom stereocenters. The van der Waals surface area contributed by atoms with Gasteiger partial charge >= 0.3 is 0 Å². The molecule has 0 aliphatic heterocycles. The molecule has 5 nitrogen and oxygen atoms in total. The summed E-state index contributed by atoms with van der Waals surface area (Å²) in [4.78, 5) is 12.6. The van der Waals surface area contributed by atoms with E-state index in [-0.39, 0.29) is 17.1 Å². The highest BCUT2D eigenvalue weighted by molar-refractivity contribution is 7.99. The molecule has 0 spiro atoms. The predicted molar refractivity (Wildman–Crippen MR) is 141 cm³/mol. The van der Waals surface area contributed by atoms with Crippen molar-refractivity contribution in [1.82, 2.24) is 14.8 Å². The molecule has 1 amide bonds. The molecule has 3 aromatic carbocycles. The van der Waals surface area contributed by atoms with Crippen LogP contribution in [0.15, 0.2) is 78.0 Å². The summed E-state index contributed by atoms with van der Waals surface area (Å²) in [6, 6.07) is 24.5. The molecule has 0 aliphatic carbocycles. The second-order valence-electron chi connectivity index (χ2n) is 9.46. The van der Waals surface area contributed by atoms with Crippen LogP contribution in [0.25, 0.3) is 17.1 Å². The van der Waals surface area contributed by atoms with Crippen molar-refractivity contribution in [3.05, 3.63) is 89.5 Å². The second kappa shape index (κ2) is 9.85. The van der Waals surface area contributed by atoms with Crippen molar-refractivity contribution in [2.24, 2.45) is 0 Å². The number of benzene rings is 3. The number of hydrogen-bond acceptors (Lipinski definition) is 4. The quantitative estimate of drug-likeness (QED) is 0.323. The standard InChI is InChI=1S/C28H30N4OS/c1-19-10-16-23(17-11-19)32-26(21-12-14-22(15-13-21)28(3,4)5)30-31-27(32)34-18-25(33)29-24-9-7-6-8-20(24)2/h6-17H,18H2,1-5H3,(H,29,33). The molecule has 0 fully saturated rings. The number of nitrogens with one attached hydrogen (secondary N) is 1. The maximum absolute atomic E-state index is 12.6. The summed E-state index contributed by atoms with van der Waals surface area (Å²) in [5.41, 5.74) is 6.33. The van der Waals surface area contributed by atoms with Gasteiger partial charge in [0.2, 0.25) is 5.91 Å². The first-order valence-electron chi connectivity index (χ1n) is 11.3. The number of hydrogen-bond donors (Lipinski definition) is 1. The highest BCUT2D eigenvalue weighted by Crippen LogP contribution is 2.30. The molecule has 6 heteroatoms. The predicted octanol–water partition coefficient (Wildman–Crippen LogP) is 6.58. The van der Waals surface area contributed by atoms with Gasteiger partial charge in [-0.15, -0.1) is 10.2 Å². The lowest BCUT2D eigenvalue weighted by molar-refractivity contribution is -0.113. The Kier molecular flexibility index (Phi) is 6.89. The third-order valence-corrected chi connectivity index (χ3v) is 6.62. The zero-order chi connectivity index (χ0) is 24.3. The van der Waals surface area contributed by atoms with E-state index >= 15 is 0 Å². The van der Waals surface area contributed by atoms with E-state index in [2.05, 4.69) is 91.7 Å². The molecule has 4 aromatic rings. The Morgan fingerprint density at radius 3 is 2.24 bits per heavy atom. The number of nitrogens with zero attached hydrogens (tertiary/aromatic N) is 3. The number of aryl methyl sites for hydroxylation is 2. The molecule has 0 saturated carbocycles. The van der Waals surface area contributed by atoms with Gasteiger partial charge in [-0.25, -0.2) is 0 Å². The van der Waals surface area contributed by atoms with E-state index in [0.717, 1.165) is 28.3 Å². The van der Waals surface area contributed by atoms with Crippen LogP contribution in [0.2, 0.25) is 0 Å². The molecule has 1 heterocycles. The van der Waals surface area contributed by atoms with E-state index < -0.39 is 0 Å². The Morgan fingerprint density at radius 2 is 1.59 bits per heavy atom. The van der Waals surface area contributed by atoms with Crippen molar-refractivity contribution < 1.29 is 4.79 Å². The average molecular weight is 471 g/mol. The van der Waals surface area contributed by atoms with Gasteiger partial charge in [-0.05, 0) is 48.6 Å². The fraction of sp³-hybridized carbons (Fsp3) is 0.250. The van der Waals surface area contributed by atoms with E-state index in [4.69, 9.17) is 0 Å². The van der Waals surface area contributed by atoms with Gasteiger partial charge in [0.05, 0.1) is 5.75 Å². The fourth-order valence-electron chi connectivity index (χ4n) is 3.63. The number of anilines is 1. The summed E-state index contributed by atoms with van der Waals surface area (Å²) in [7, 11) is 0. The topological polar surface area (TPSA) is 59.8 Å². The largest absolute Gasteiger partial charge is 0.325 e. The Morgan fingerprint density at radius 1 is 0.912 bits per heavy atom. The maximum atomic E-state index is 12.6. The summed E-state index contributed by atoms with van der Waals surface area (Å²) in [6.07, 6.45) is 0. The van der Waals surface area contributed by atoms with Crippen LogP contribution in [0, 0.1) is 13.8 Å². The van der Waals surface area contributed by atoms with Crippen molar-refractivity contribution in [1.29, 1.82) is 0 Å².